The molecule has 0 unspecified atom stereocenters. The van der Waals surface area contributed by atoms with Gasteiger partial charge in [-0.1, -0.05) is 6.07 Å². The second kappa shape index (κ2) is 5.26. The molecule has 4 rings (SSSR count). The second-order valence-electron chi connectivity index (χ2n) is 5.12. The van der Waals surface area contributed by atoms with Gasteiger partial charge < -0.3 is 5.73 Å². The van der Waals surface area contributed by atoms with E-state index in [4.69, 9.17) is 5.73 Å². The summed E-state index contributed by atoms with van der Waals surface area (Å²) >= 11 is 0. The molecule has 0 saturated heterocycles. The summed E-state index contributed by atoms with van der Waals surface area (Å²) in [5, 5.41) is 0.386. The number of hydrogen-bond donors (Lipinski definition) is 1. The minimum absolute atomic E-state index is 0. The van der Waals surface area contributed by atoms with Crippen LogP contribution in [-0.2, 0) is 6.54 Å². The molecule has 2 heterocycles. The highest BCUT2D eigenvalue weighted by Crippen LogP contribution is 2.27. The summed E-state index contributed by atoms with van der Waals surface area (Å²) in [5.74, 6) is -0.960. The van der Waals surface area contributed by atoms with Crippen LogP contribution in [0.15, 0.2) is 41.2 Å². The highest BCUT2D eigenvalue weighted by Gasteiger charge is 2.30. The van der Waals surface area contributed by atoms with Crippen molar-refractivity contribution in [2.24, 2.45) is 5.73 Å². The highest BCUT2D eigenvalue weighted by molar-refractivity contribution is 6.13. The summed E-state index contributed by atoms with van der Waals surface area (Å²) in [6.07, 6.45) is 0. The fourth-order valence-electron chi connectivity index (χ4n) is 2.74. The predicted octanol–water partition coefficient (Wildman–Crippen LogP) is 1.95. The van der Waals surface area contributed by atoms with Crippen LogP contribution in [0.1, 0.15) is 21.7 Å². The molecule has 1 aromatic heterocycles. The van der Waals surface area contributed by atoms with Gasteiger partial charge in [-0.2, -0.15) is 0 Å². The Labute approximate surface area is 136 Å². The Morgan fingerprint density at radius 1 is 1.13 bits per heavy atom. The van der Waals surface area contributed by atoms with Crippen molar-refractivity contribution >= 4 is 29.1 Å². The number of hydrogen-bond acceptors (Lipinski definition) is 4. The maximum absolute atomic E-state index is 13.4. The molecule has 116 valence electrons. The summed E-state index contributed by atoms with van der Waals surface area (Å²) in [4.78, 5) is 29.3. The number of ketones is 1. The van der Waals surface area contributed by atoms with E-state index in [9.17, 15) is 14.0 Å². The van der Waals surface area contributed by atoms with E-state index >= 15 is 0 Å². The van der Waals surface area contributed by atoms with E-state index in [1.807, 2.05) is 0 Å². The zero-order chi connectivity index (χ0) is 15.4. The van der Waals surface area contributed by atoms with Gasteiger partial charge in [-0.3, -0.25) is 14.2 Å². The van der Waals surface area contributed by atoms with E-state index in [1.165, 1.54) is 16.7 Å². The third kappa shape index (κ3) is 2.07. The van der Waals surface area contributed by atoms with Gasteiger partial charge in [0, 0.05) is 6.54 Å². The zero-order valence-electron chi connectivity index (χ0n) is 11.7. The van der Waals surface area contributed by atoms with Gasteiger partial charge in [0.2, 0.25) is 5.78 Å². The maximum atomic E-state index is 13.4. The van der Waals surface area contributed by atoms with Crippen LogP contribution in [0.25, 0.3) is 16.6 Å². The Kier molecular flexibility index (Phi) is 3.50. The van der Waals surface area contributed by atoms with Gasteiger partial charge in [0.15, 0.2) is 5.82 Å². The van der Waals surface area contributed by atoms with Gasteiger partial charge in [0.1, 0.15) is 5.82 Å². The molecule has 1 aliphatic heterocycles. The fraction of sp³-hybridized carbons (Fsp3) is 0.0625. The van der Waals surface area contributed by atoms with Crippen molar-refractivity contribution < 1.29 is 9.18 Å². The normalized spacial score (nSPS) is 12.0. The molecule has 0 aliphatic carbocycles. The molecule has 23 heavy (non-hydrogen) atoms. The van der Waals surface area contributed by atoms with Gasteiger partial charge >= 0.3 is 0 Å². The topological polar surface area (TPSA) is 78.0 Å². The first-order chi connectivity index (χ1) is 10.6. The number of benzene rings is 2. The van der Waals surface area contributed by atoms with E-state index in [0.717, 1.165) is 11.6 Å². The van der Waals surface area contributed by atoms with Crippen molar-refractivity contribution in [1.82, 2.24) is 9.55 Å². The number of carbonyl (C=O) groups excluding carboxylic acids is 1. The van der Waals surface area contributed by atoms with E-state index in [-0.39, 0.29) is 29.4 Å². The van der Waals surface area contributed by atoms with Gasteiger partial charge in [-0.25, -0.2) is 9.37 Å². The molecule has 0 fully saturated rings. The number of carbonyl (C=O) groups is 1. The zero-order valence-corrected chi connectivity index (χ0v) is 12.6. The molecule has 0 amide bonds. The smallest absolute Gasteiger partial charge is 0.266 e. The van der Waals surface area contributed by atoms with Crippen molar-refractivity contribution in [1.29, 1.82) is 0 Å². The molecule has 7 heteroatoms. The summed E-state index contributed by atoms with van der Waals surface area (Å²) in [7, 11) is 0. The predicted molar refractivity (Wildman–Crippen MR) is 85.9 cm³/mol. The van der Waals surface area contributed by atoms with Crippen LogP contribution in [0.3, 0.4) is 0 Å². The fourth-order valence-corrected chi connectivity index (χ4v) is 2.74. The van der Waals surface area contributed by atoms with Crippen LogP contribution in [0.4, 0.5) is 4.39 Å². The molecule has 0 radical (unpaired) electrons. The van der Waals surface area contributed by atoms with Crippen LogP contribution in [-0.4, -0.2) is 15.3 Å². The lowest BCUT2D eigenvalue weighted by molar-refractivity contribution is 0.103. The van der Waals surface area contributed by atoms with Crippen LogP contribution >= 0.6 is 12.4 Å². The van der Waals surface area contributed by atoms with Gasteiger partial charge in [-0.15, -0.1) is 12.4 Å². The standard InChI is InChI=1S/C16H10FN3O2.ClH/c17-9-2-4-13-11(6-9)14(21)15-19-12-3-1-8(7-18)5-10(12)16(22)20(13)15;/h1-6H,7,18H2;1H. The van der Waals surface area contributed by atoms with Crippen molar-refractivity contribution in [2.45, 2.75) is 6.54 Å². The first-order valence-corrected chi connectivity index (χ1v) is 6.70. The third-order valence-corrected chi connectivity index (χ3v) is 3.82. The van der Waals surface area contributed by atoms with Crippen LogP contribution < -0.4 is 11.3 Å². The van der Waals surface area contributed by atoms with Gasteiger partial charge in [-0.05, 0) is 35.9 Å². The molecule has 0 bridgehead atoms. The first kappa shape index (κ1) is 15.3. The molecule has 2 aromatic carbocycles. The molecule has 0 spiro atoms. The van der Waals surface area contributed by atoms with Crippen molar-refractivity contribution in [3.63, 3.8) is 0 Å². The summed E-state index contributed by atoms with van der Waals surface area (Å²) in [5.41, 5.74) is 6.98. The van der Waals surface area contributed by atoms with Crippen LogP contribution in [0.2, 0.25) is 0 Å². The molecular formula is C16H11ClFN3O2. The van der Waals surface area contributed by atoms with E-state index in [1.54, 1.807) is 18.2 Å². The number of halogens is 2. The van der Waals surface area contributed by atoms with E-state index in [2.05, 4.69) is 4.98 Å². The molecular weight excluding hydrogens is 321 g/mol. The third-order valence-electron chi connectivity index (χ3n) is 3.82. The molecule has 1 aliphatic rings. The van der Waals surface area contributed by atoms with Crippen molar-refractivity contribution in [3.05, 3.63) is 69.5 Å². The lowest BCUT2D eigenvalue weighted by Gasteiger charge is -2.06. The minimum atomic E-state index is -0.525. The second-order valence-corrected chi connectivity index (χ2v) is 5.12. The number of nitrogens with two attached hydrogens (primary N) is 1. The number of aromatic nitrogens is 2. The number of fused-ring (bicyclic) bond motifs is 4. The Morgan fingerprint density at radius 2 is 1.91 bits per heavy atom. The maximum Gasteiger partial charge on any atom is 0.266 e. The van der Waals surface area contributed by atoms with E-state index < -0.39 is 11.6 Å². The summed E-state index contributed by atoms with van der Waals surface area (Å²) < 4.78 is 14.6. The monoisotopic (exact) mass is 331 g/mol. The lowest BCUT2D eigenvalue weighted by atomic mass is 10.1. The molecule has 3 aromatic rings. The quantitative estimate of drug-likeness (QED) is 0.578. The first-order valence-electron chi connectivity index (χ1n) is 6.70. The SMILES string of the molecule is Cl.NCc1ccc2nc3n(c(=O)c2c1)-c1ccc(F)cc1C3=O. The molecule has 0 atom stereocenters. The lowest BCUT2D eigenvalue weighted by Crippen LogP contribution is -2.21. The van der Waals surface area contributed by atoms with Crippen molar-refractivity contribution in [3.8, 4) is 5.69 Å². The highest BCUT2D eigenvalue weighted by atomic mass is 35.5. The van der Waals surface area contributed by atoms with Gasteiger partial charge in [0.05, 0.1) is 22.2 Å². The summed E-state index contributed by atoms with van der Waals surface area (Å²) in [6, 6.07) is 8.86. The Hall–Kier alpha value is -2.57. The van der Waals surface area contributed by atoms with Gasteiger partial charge in [0.25, 0.3) is 5.56 Å². The number of nitrogens with zero attached hydrogens (tertiary/aromatic N) is 2. The Morgan fingerprint density at radius 3 is 2.65 bits per heavy atom. The number of rotatable bonds is 1. The van der Waals surface area contributed by atoms with Crippen LogP contribution in [0.5, 0.6) is 0 Å². The largest absolute Gasteiger partial charge is 0.326 e. The Balaban J connectivity index is 0.00000156. The molecule has 5 nitrogen and oxygen atoms in total. The average molecular weight is 332 g/mol. The average Bonchev–Trinajstić information content (AvgIpc) is 2.80. The molecule has 2 N–H and O–H groups in total. The Bertz CT molecular complexity index is 1030. The minimum Gasteiger partial charge on any atom is -0.326 e. The van der Waals surface area contributed by atoms with Crippen molar-refractivity contribution in [2.75, 3.05) is 0 Å². The van der Waals surface area contributed by atoms with Crippen LogP contribution in [0, 0.1) is 5.82 Å². The molecule has 0 saturated carbocycles. The summed E-state index contributed by atoms with van der Waals surface area (Å²) in [6.45, 7) is 0.303. The van der Waals surface area contributed by atoms with E-state index in [0.29, 0.717) is 23.1 Å².